The number of hydrogen-bond acceptors (Lipinski definition) is 6. The summed E-state index contributed by atoms with van der Waals surface area (Å²) in [4.78, 5) is 37.5. The van der Waals surface area contributed by atoms with E-state index in [9.17, 15) is 14.4 Å². The van der Waals surface area contributed by atoms with Crippen LogP contribution in [0.2, 0.25) is 0 Å². The minimum absolute atomic E-state index is 0.0707. The third kappa shape index (κ3) is 37.4. The van der Waals surface area contributed by atoms with Crippen molar-refractivity contribution in [1.82, 2.24) is 0 Å². The first-order chi connectivity index (χ1) is 24.5. The van der Waals surface area contributed by atoms with E-state index in [0.717, 1.165) is 77.0 Å². The van der Waals surface area contributed by atoms with Crippen molar-refractivity contribution in [1.29, 1.82) is 0 Å². The summed E-state index contributed by atoms with van der Waals surface area (Å²) in [6.07, 6.45) is 40.5. The average Bonchev–Trinajstić information content (AvgIpc) is 3.11. The molecule has 0 rings (SSSR count). The van der Waals surface area contributed by atoms with E-state index in [1.807, 2.05) is 0 Å². The topological polar surface area (TPSA) is 78.9 Å². The summed E-state index contributed by atoms with van der Waals surface area (Å²) in [6.45, 7) is 6.57. The van der Waals surface area contributed by atoms with Crippen molar-refractivity contribution >= 4 is 17.9 Å². The Bertz CT molecular complexity index is 778. The fourth-order valence-electron chi connectivity index (χ4n) is 6.19. The number of ether oxygens (including phenoxy) is 3. The van der Waals surface area contributed by atoms with E-state index in [0.29, 0.717) is 19.3 Å². The van der Waals surface area contributed by atoms with Gasteiger partial charge in [-0.15, -0.1) is 0 Å². The van der Waals surface area contributed by atoms with Crippen LogP contribution in [0.4, 0.5) is 0 Å². The van der Waals surface area contributed by atoms with Gasteiger partial charge in [0.1, 0.15) is 13.2 Å². The van der Waals surface area contributed by atoms with E-state index in [2.05, 4.69) is 32.9 Å². The molecule has 6 nitrogen and oxygen atoms in total. The minimum atomic E-state index is -0.765. The molecule has 50 heavy (non-hydrogen) atoms. The lowest BCUT2D eigenvalue weighted by Gasteiger charge is -2.18. The second-order valence-electron chi connectivity index (χ2n) is 14.6. The van der Waals surface area contributed by atoms with Crippen LogP contribution in [0.15, 0.2) is 12.2 Å². The monoisotopic (exact) mass is 707 g/mol. The molecule has 1 atom stereocenters. The second-order valence-corrected chi connectivity index (χ2v) is 14.6. The van der Waals surface area contributed by atoms with Crippen LogP contribution < -0.4 is 0 Å². The predicted molar refractivity (Wildman–Crippen MR) is 210 cm³/mol. The van der Waals surface area contributed by atoms with Gasteiger partial charge in [-0.2, -0.15) is 0 Å². The Labute approximate surface area is 310 Å². The highest BCUT2D eigenvalue weighted by Gasteiger charge is 2.19. The molecule has 0 fully saturated rings. The molecule has 0 aliphatic carbocycles. The Morgan fingerprint density at radius 3 is 1.06 bits per heavy atom. The lowest BCUT2D eigenvalue weighted by molar-refractivity contribution is -0.167. The minimum Gasteiger partial charge on any atom is -0.462 e. The molecule has 0 aromatic heterocycles. The summed E-state index contributed by atoms with van der Waals surface area (Å²) in [5, 5.41) is 0. The first-order valence-corrected chi connectivity index (χ1v) is 21.7. The van der Waals surface area contributed by atoms with Crippen LogP contribution in [-0.2, 0) is 28.6 Å². The third-order valence-corrected chi connectivity index (χ3v) is 9.52. The lowest BCUT2D eigenvalue weighted by atomic mass is 10.0. The SMILES string of the molecule is CCCC/C=C\CCCCCCC(=O)OC(COC(=O)CCCCCCCCCCCC)COC(=O)CCCCCCCCCCCCCC. The van der Waals surface area contributed by atoms with Gasteiger partial charge in [-0.3, -0.25) is 14.4 Å². The second kappa shape index (κ2) is 39.9. The van der Waals surface area contributed by atoms with Crippen LogP contribution in [0.1, 0.15) is 233 Å². The maximum Gasteiger partial charge on any atom is 0.306 e. The van der Waals surface area contributed by atoms with Crippen molar-refractivity contribution in [2.75, 3.05) is 13.2 Å². The van der Waals surface area contributed by atoms with Gasteiger partial charge in [0.2, 0.25) is 0 Å². The molecule has 0 saturated heterocycles. The molecule has 0 aromatic carbocycles. The van der Waals surface area contributed by atoms with Crippen molar-refractivity contribution in [2.24, 2.45) is 0 Å². The molecule has 1 unspecified atom stereocenters. The Balaban J connectivity index is 4.35. The summed E-state index contributed by atoms with van der Waals surface area (Å²) in [5.41, 5.74) is 0. The van der Waals surface area contributed by atoms with E-state index < -0.39 is 6.10 Å². The summed E-state index contributed by atoms with van der Waals surface area (Å²) < 4.78 is 16.6. The smallest absolute Gasteiger partial charge is 0.306 e. The zero-order chi connectivity index (χ0) is 36.6. The van der Waals surface area contributed by atoms with Crippen molar-refractivity contribution in [2.45, 2.75) is 239 Å². The molecule has 0 amide bonds. The number of carbonyl (C=O) groups is 3. The maximum absolute atomic E-state index is 12.6. The van der Waals surface area contributed by atoms with Gasteiger partial charge in [-0.1, -0.05) is 187 Å². The molecule has 0 aromatic rings. The number of unbranched alkanes of at least 4 members (excludes halogenated alkanes) is 26. The largest absolute Gasteiger partial charge is 0.462 e. The molecule has 0 heterocycles. The fraction of sp³-hybridized carbons (Fsp3) is 0.886. The van der Waals surface area contributed by atoms with Gasteiger partial charge in [0, 0.05) is 19.3 Å². The molecule has 0 spiro atoms. The number of rotatable bonds is 39. The molecule has 0 bridgehead atoms. The van der Waals surface area contributed by atoms with E-state index in [4.69, 9.17) is 14.2 Å². The normalized spacial score (nSPS) is 12.0. The number of hydrogen-bond donors (Lipinski definition) is 0. The lowest BCUT2D eigenvalue weighted by Crippen LogP contribution is -2.30. The van der Waals surface area contributed by atoms with Gasteiger partial charge in [-0.25, -0.2) is 0 Å². The molecular weight excluding hydrogens is 624 g/mol. The van der Waals surface area contributed by atoms with Crippen LogP contribution in [0, 0.1) is 0 Å². The van der Waals surface area contributed by atoms with Crippen molar-refractivity contribution < 1.29 is 28.6 Å². The fourth-order valence-corrected chi connectivity index (χ4v) is 6.19. The molecule has 0 saturated carbocycles. The highest BCUT2D eigenvalue weighted by Crippen LogP contribution is 2.15. The molecular formula is C44H82O6. The summed E-state index contributed by atoms with van der Waals surface area (Å²) in [6, 6.07) is 0. The molecule has 294 valence electrons. The highest BCUT2D eigenvalue weighted by molar-refractivity contribution is 5.71. The van der Waals surface area contributed by atoms with Crippen LogP contribution in [0.3, 0.4) is 0 Å². The van der Waals surface area contributed by atoms with Crippen molar-refractivity contribution in [3.8, 4) is 0 Å². The Kier molecular flexibility index (Phi) is 38.5. The van der Waals surface area contributed by atoms with Gasteiger partial charge in [0.15, 0.2) is 6.10 Å². The first-order valence-electron chi connectivity index (χ1n) is 21.7. The number of carbonyl (C=O) groups excluding carboxylic acids is 3. The molecule has 6 heteroatoms. The third-order valence-electron chi connectivity index (χ3n) is 9.52. The average molecular weight is 707 g/mol. The van der Waals surface area contributed by atoms with Gasteiger partial charge in [0.25, 0.3) is 0 Å². The Hall–Kier alpha value is -1.85. The zero-order valence-electron chi connectivity index (χ0n) is 33.4. The maximum atomic E-state index is 12.6. The van der Waals surface area contributed by atoms with Gasteiger partial charge in [-0.05, 0) is 38.5 Å². The number of esters is 3. The van der Waals surface area contributed by atoms with E-state index >= 15 is 0 Å². The standard InChI is InChI=1S/C44H82O6/c1-4-7-10-13-16-19-22-23-26-28-31-34-37-43(46)49-40-41(50-44(47)38-35-32-29-25-21-18-15-12-9-6-3)39-48-42(45)36-33-30-27-24-20-17-14-11-8-5-2/h15,18,41H,4-14,16-17,19-40H2,1-3H3/b18-15-. The van der Waals surface area contributed by atoms with Crippen LogP contribution in [0.5, 0.6) is 0 Å². The van der Waals surface area contributed by atoms with E-state index in [1.165, 1.54) is 116 Å². The summed E-state index contributed by atoms with van der Waals surface area (Å²) >= 11 is 0. The van der Waals surface area contributed by atoms with Gasteiger partial charge in [0.05, 0.1) is 0 Å². The Morgan fingerprint density at radius 2 is 0.680 bits per heavy atom. The Morgan fingerprint density at radius 1 is 0.380 bits per heavy atom. The molecule has 0 radical (unpaired) electrons. The van der Waals surface area contributed by atoms with Gasteiger partial charge >= 0.3 is 17.9 Å². The van der Waals surface area contributed by atoms with E-state index in [-0.39, 0.29) is 31.1 Å². The summed E-state index contributed by atoms with van der Waals surface area (Å²) in [5.74, 6) is -0.882. The summed E-state index contributed by atoms with van der Waals surface area (Å²) in [7, 11) is 0. The molecule has 0 aliphatic rings. The zero-order valence-corrected chi connectivity index (χ0v) is 33.4. The van der Waals surface area contributed by atoms with Crippen molar-refractivity contribution in [3.63, 3.8) is 0 Å². The highest BCUT2D eigenvalue weighted by atomic mass is 16.6. The first kappa shape index (κ1) is 48.1. The molecule has 0 aliphatic heterocycles. The number of allylic oxidation sites excluding steroid dienone is 2. The quantitative estimate of drug-likeness (QED) is 0.0274. The van der Waals surface area contributed by atoms with Crippen LogP contribution >= 0.6 is 0 Å². The van der Waals surface area contributed by atoms with E-state index in [1.54, 1.807) is 0 Å². The van der Waals surface area contributed by atoms with Crippen LogP contribution in [-0.4, -0.2) is 37.2 Å². The van der Waals surface area contributed by atoms with Gasteiger partial charge < -0.3 is 14.2 Å². The predicted octanol–water partition coefficient (Wildman–Crippen LogP) is 13.5. The molecule has 0 N–H and O–H groups in total. The van der Waals surface area contributed by atoms with Crippen molar-refractivity contribution in [3.05, 3.63) is 12.2 Å². The van der Waals surface area contributed by atoms with Crippen LogP contribution in [0.25, 0.3) is 0 Å².